The van der Waals surface area contributed by atoms with Crippen LogP contribution in [0.5, 0.6) is 0 Å². The van der Waals surface area contributed by atoms with Crippen LogP contribution in [0, 0.1) is 11.8 Å². The van der Waals surface area contributed by atoms with E-state index in [9.17, 15) is 0 Å². The number of hydrogen-bond acceptors (Lipinski definition) is 2. The molecule has 1 heterocycles. The molecule has 0 aliphatic heterocycles. The average Bonchev–Trinajstić information content (AvgIpc) is 2.18. The van der Waals surface area contributed by atoms with E-state index in [1.54, 1.807) is 12.4 Å². The quantitative estimate of drug-likeness (QED) is 0.708. The van der Waals surface area contributed by atoms with Gasteiger partial charge in [-0.15, -0.1) is 0 Å². The van der Waals surface area contributed by atoms with E-state index in [0.29, 0.717) is 5.92 Å². The summed E-state index contributed by atoms with van der Waals surface area (Å²) in [7, 11) is 0. The van der Waals surface area contributed by atoms with Crippen LogP contribution in [0.4, 0.5) is 0 Å². The zero-order valence-electron chi connectivity index (χ0n) is 8.70. The standard InChI is InChI=1S/C11H18N2/c1-4-9(2)10(3)7-11-8-12-5-6-13-11/h5-6,8-10H,4,7H2,1-3H3. The lowest BCUT2D eigenvalue weighted by atomic mass is 9.90. The average molecular weight is 178 g/mol. The maximum atomic E-state index is 4.27. The van der Waals surface area contributed by atoms with Crippen LogP contribution >= 0.6 is 0 Å². The van der Waals surface area contributed by atoms with Gasteiger partial charge in [-0.25, -0.2) is 0 Å². The minimum atomic E-state index is 0.696. The lowest BCUT2D eigenvalue weighted by molar-refractivity contribution is 0.372. The normalized spacial score (nSPS) is 15.3. The minimum absolute atomic E-state index is 0.696. The van der Waals surface area contributed by atoms with Gasteiger partial charge < -0.3 is 0 Å². The van der Waals surface area contributed by atoms with E-state index in [1.807, 2.05) is 6.20 Å². The second kappa shape index (κ2) is 4.95. The highest BCUT2D eigenvalue weighted by molar-refractivity contribution is 4.95. The third-order valence-electron chi connectivity index (χ3n) is 2.76. The van der Waals surface area contributed by atoms with Crippen molar-refractivity contribution in [2.45, 2.75) is 33.6 Å². The highest BCUT2D eigenvalue weighted by Gasteiger charge is 2.11. The number of aromatic nitrogens is 2. The Labute approximate surface area is 80.4 Å². The molecule has 13 heavy (non-hydrogen) atoms. The van der Waals surface area contributed by atoms with Gasteiger partial charge in [0.2, 0.25) is 0 Å². The number of rotatable bonds is 4. The van der Waals surface area contributed by atoms with Gasteiger partial charge in [0.1, 0.15) is 0 Å². The molecule has 0 saturated heterocycles. The van der Waals surface area contributed by atoms with E-state index < -0.39 is 0 Å². The molecule has 0 aromatic carbocycles. The second-order valence-corrected chi connectivity index (χ2v) is 3.76. The highest BCUT2D eigenvalue weighted by atomic mass is 14.8. The second-order valence-electron chi connectivity index (χ2n) is 3.76. The topological polar surface area (TPSA) is 25.8 Å². The molecule has 72 valence electrons. The van der Waals surface area contributed by atoms with Crippen molar-refractivity contribution in [2.24, 2.45) is 11.8 Å². The molecule has 0 bridgehead atoms. The van der Waals surface area contributed by atoms with Gasteiger partial charge in [0.15, 0.2) is 0 Å². The van der Waals surface area contributed by atoms with Gasteiger partial charge in [-0.2, -0.15) is 0 Å². The zero-order valence-corrected chi connectivity index (χ0v) is 8.70. The van der Waals surface area contributed by atoms with Crippen molar-refractivity contribution in [2.75, 3.05) is 0 Å². The summed E-state index contributed by atoms with van der Waals surface area (Å²) in [5, 5.41) is 0. The number of nitrogens with zero attached hydrogens (tertiary/aromatic N) is 2. The highest BCUT2D eigenvalue weighted by Crippen LogP contribution is 2.17. The molecule has 0 fully saturated rings. The van der Waals surface area contributed by atoms with Gasteiger partial charge in [-0.05, 0) is 18.3 Å². The third-order valence-corrected chi connectivity index (χ3v) is 2.76. The first-order valence-corrected chi connectivity index (χ1v) is 4.99. The fraction of sp³-hybridized carbons (Fsp3) is 0.636. The van der Waals surface area contributed by atoms with Crippen LogP contribution in [-0.2, 0) is 6.42 Å². The van der Waals surface area contributed by atoms with Crippen molar-refractivity contribution in [1.29, 1.82) is 0 Å². The molecule has 0 radical (unpaired) electrons. The Hall–Kier alpha value is -0.920. The molecule has 1 aromatic heterocycles. The van der Waals surface area contributed by atoms with Crippen LogP contribution in [-0.4, -0.2) is 9.97 Å². The molecule has 0 saturated carbocycles. The Balaban J connectivity index is 2.50. The summed E-state index contributed by atoms with van der Waals surface area (Å²) in [6.07, 6.45) is 7.62. The van der Waals surface area contributed by atoms with Crippen LogP contribution in [0.3, 0.4) is 0 Å². The molecular formula is C11H18N2. The summed E-state index contributed by atoms with van der Waals surface area (Å²) in [6, 6.07) is 0. The van der Waals surface area contributed by atoms with E-state index >= 15 is 0 Å². The summed E-state index contributed by atoms with van der Waals surface area (Å²) in [5.74, 6) is 1.46. The van der Waals surface area contributed by atoms with E-state index in [-0.39, 0.29) is 0 Å². The molecule has 0 aliphatic rings. The van der Waals surface area contributed by atoms with Crippen LogP contribution < -0.4 is 0 Å². The predicted octanol–water partition coefficient (Wildman–Crippen LogP) is 2.70. The molecule has 2 nitrogen and oxygen atoms in total. The first-order valence-electron chi connectivity index (χ1n) is 4.99. The molecule has 0 spiro atoms. The Bertz CT molecular complexity index is 233. The van der Waals surface area contributed by atoms with Gasteiger partial charge in [-0.3, -0.25) is 9.97 Å². The van der Waals surface area contributed by atoms with E-state index in [2.05, 4.69) is 30.7 Å². The SMILES string of the molecule is CCC(C)C(C)Cc1cnccn1. The van der Waals surface area contributed by atoms with Crippen LogP contribution in [0.2, 0.25) is 0 Å². The molecule has 2 atom stereocenters. The van der Waals surface area contributed by atoms with Crippen molar-refractivity contribution < 1.29 is 0 Å². The van der Waals surface area contributed by atoms with Crippen molar-refractivity contribution in [1.82, 2.24) is 9.97 Å². The first-order chi connectivity index (χ1) is 6.24. The maximum Gasteiger partial charge on any atom is 0.0589 e. The van der Waals surface area contributed by atoms with E-state index in [0.717, 1.165) is 18.0 Å². The summed E-state index contributed by atoms with van der Waals surface area (Å²) in [5.41, 5.74) is 1.11. The third kappa shape index (κ3) is 3.13. The fourth-order valence-electron chi connectivity index (χ4n) is 1.37. The molecule has 2 unspecified atom stereocenters. The van der Waals surface area contributed by atoms with E-state index in [1.165, 1.54) is 6.42 Å². The summed E-state index contributed by atoms with van der Waals surface area (Å²) >= 11 is 0. The Kier molecular flexibility index (Phi) is 3.87. The van der Waals surface area contributed by atoms with Gasteiger partial charge in [0.25, 0.3) is 0 Å². The van der Waals surface area contributed by atoms with Crippen molar-refractivity contribution in [3.05, 3.63) is 24.3 Å². The molecule has 0 amide bonds. The minimum Gasteiger partial charge on any atom is -0.261 e. The summed E-state index contributed by atoms with van der Waals surface area (Å²) < 4.78 is 0. The predicted molar refractivity (Wildman–Crippen MR) is 54.4 cm³/mol. The number of hydrogen-bond donors (Lipinski definition) is 0. The Morgan fingerprint density at radius 2 is 2.00 bits per heavy atom. The molecular weight excluding hydrogens is 160 g/mol. The summed E-state index contributed by atoms with van der Waals surface area (Å²) in [6.45, 7) is 6.81. The van der Waals surface area contributed by atoms with Crippen LogP contribution in [0.25, 0.3) is 0 Å². The fourth-order valence-corrected chi connectivity index (χ4v) is 1.37. The van der Waals surface area contributed by atoms with Crippen LogP contribution in [0.1, 0.15) is 32.9 Å². The molecule has 1 aromatic rings. The molecule has 0 N–H and O–H groups in total. The zero-order chi connectivity index (χ0) is 9.68. The van der Waals surface area contributed by atoms with Gasteiger partial charge in [0.05, 0.1) is 5.69 Å². The lowest BCUT2D eigenvalue weighted by Crippen LogP contribution is -2.10. The van der Waals surface area contributed by atoms with Crippen molar-refractivity contribution in [3.8, 4) is 0 Å². The van der Waals surface area contributed by atoms with Crippen molar-refractivity contribution in [3.63, 3.8) is 0 Å². The Morgan fingerprint density at radius 1 is 1.23 bits per heavy atom. The van der Waals surface area contributed by atoms with Crippen LogP contribution in [0.15, 0.2) is 18.6 Å². The molecule has 0 aliphatic carbocycles. The van der Waals surface area contributed by atoms with Gasteiger partial charge >= 0.3 is 0 Å². The first kappa shape index (κ1) is 10.2. The molecule has 2 heteroatoms. The largest absolute Gasteiger partial charge is 0.261 e. The van der Waals surface area contributed by atoms with Gasteiger partial charge in [-0.1, -0.05) is 27.2 Å². The Morgan fingerprint density at radius 3 is 2.54 bits per heavy atom. The summed E-state index contributed by atoms with van der Waals surface area (Å²) in [4.78, 5) is 8.33. The maximum absolute atomic E-state index is 4.27. The lowest BCUT2D eigenvalue weighted by Gasteiger charge is -2.17. The van der Waals surface area contributed by atoms with E-state index in [4.69, 9.17) is 0 Å². The monoisotopic (exact) mass is 178 g/mol. The smallest absolute Gasteiger partial charge is 0.0589 e. The van der Waals surface area contributed by atoms with Gasteiger partial charge in [0, 0.05) is 18.6 Å². The molecule has 1 rings (SSSR count). The van der Waals surface area contributed by atoms with Crippen molar-refractivity contribution >= 4 is 0 Å².